The van der Waals surface area contributed by atoms with Gasteiger partial charge in [0.05, 0.1) is 0 Å². The van der Waals surface area contributed by atoms with Gasteiger partial charge in [0.15, 0.2) is 0 Å². The molecular formula is C16H17FN2OS. The highest BCUT2D eigenvalue weighted by Crippen LogP contribution is 2.26. The quantitative estimate of drug-likeness (QED) is 0.394. The van der Waals surface area contributed by atoms with Gasteiger partial charge in [0.2, 0.25) is 0 Å². The van der Waals surface area contributed by atoms with Gasteiger partial charge in [0.25, 0.3) is 5.91 Å². The van der Waals surface area contributed by atoms with Crippen molar-refractivity contribution < 1.29 is 9.18 Å². The van der Waals surface area contributed by atoms with Gasteiger partial charge in [-0.1, -0.05) is 6.07 Å². The van der Waals surface area contributed by atoms with Crippen molar-refractivity contribution in [3.8, 4) is 0 Å². The summed E-state index contributed by atoms with van der Waals surface area (Å²) in [5.41, 5.74) is 5.32. The van der Waals surface area contributed by atoms with Crippen molar-refractivity contribution in [2.45, 2.75) is 24.5 Å². The predicted octanol–water partition coefficient (Wildman–Crippen LogP) is 3.34. The van der Waals surface area contributed by atoms with Gasteiger partial charge >= 0.3 is 0 Å². The van der Waals surface area contributed by atoms with E-state index in [1.807, 2.05) is 24.5 Å². The number of nitrogens with one attached hydrogen (secondary N) is 1. The lowest BCUT2D eigenvalue weighted by Crippen LogP contribution is -2.30. The minimum Gasteiger partial charge on any atom is -0.290 e. The largest absolute Gasteiger partial charge is 0.290 e. The van der Waals surface area contributed by atoms with Gasteiger partial charge in [-0.15, -0.1) is 11.8 Å². The van der Waals surface area contributed by atoms with E-state index >= 15 is 0 Å². The first-order valence-electron chi connectivity index (χ1n) is 6.50. The number of nitrogen functional groups attached to an aromatic ring is 1. The maximum atomic E-state index is 13.8. The van der Waals surface area contributed by atoms with E-state index in [1.165, 1.54) is 41.1 Å². The van der Waals surface area contributed by atoms with Crippen molar-refractivity contribution in [2.75, 3.05) is 0 Å². The fraction of sp³-hybridized carbons (Fsp3) is 0.188. The molecule has 0 aliphatic heterocycles. The smallest absolute Gasteiger partial charge is 0.265 e. The van der Waals surface area contributed by atoms with Crippen molar-refractivity contribution in [2.24, 2.45) is 5.84 Å². The molecule has 3 nitrogen and oxygen atoms in total. The zero-order valence-electron chi connectivity index (χ0n) is 11.9. The molecule has 5 heteroatoms. The number of thioether (sulfide) groups is 1. The second kappa shape index (κ2) is 6.74. The number of rotatable bonds is 4. The highest BCUT2D eigenvalue weighted by molar-refractivity contribution is 7.98. The summed E-state index contributed by atoms with van der Waals surface area (Å²) >= 11 is 1.54. The Bertz CT molecular complexity index is 673. The van der Waals surface area contributed by atoms with Crippen molar-refractivity contribution in [3.05, 3.63) is 64.5 Å². The summed E-state index contributed by atoms with van der Waals surface area (Å²) in [6.45, 7) is 4.10. The minimum atomic E-state index is -0.424. The van der Waals surface area contributed by atoms with E-state index in [9.17, 15) is 9.18 Å². The number of carbonyl (C=O) groups is 1. The molecule has 110 valence electrons. The highest BCUT2D eigenvalue weighted by atomic mass is 32.2. The van der Waals surface area contributed by atoms with Crippen molar-refractivity contribution in [3.63, 3.8) is 0 Å². The molecule has 2 aromatic carbocycles. The topological polar surface area (TPSA) is 55.1 Å². The minimum absolute atomic E-state index is 0.320. The number of carbonyl (C=O) groups excluding carboxylic acids is 1. The number of hydrogen-bond donors (Lipinski definition) is 2. The van der Waals surface area contributed by atoms with Crippen LogP contribution in [0.2, 0.25) is 0 Å². The molecule has 21 heavy (non-hydrogen) atoms. The number of aryl methyl sites for hydroxylation is 2. The standard InChI is InChI=1S/C16H17FN2OS/c1-10-3-5-14(7-11(10)2)21-9-13-8-12(16(20)19-18)4-6-15(13)17/h3-8H,9,18H2,1-2H3,(H,19,20). The Hall–Kier alpha value is -1.85. The molecule has 0 unspecified atom stereocenters. The molecule has 0 spiro atoms. The molecule has 0 heterocycles. The van der Waals surface area contributed by atoms with Crippen LogP contribution >= 0.6 is 11.8 Å². The van der Waals surface area contributed by atoms with Crippen LogP contribution in [0.1, 0.15) is 27.0 Å². The predicted molar refractivity (Wildman–Crippen MR) is 83.5 cm³/mol. The number of amides is 1. The Labute approximate surface area is 127 Å². The van der Waals surface area contributed by atoms with E-state index in [0.29, 0.717) is 16.9 Å². The average molecular weight is 304 g/mol. The van der Waals surface area contributed by atoms with E-state index in [-0.39, 0.29) is 5.82 Å². The summed E-state index contributed by atoms with van der Waals surface area (Å²) in [6.07, 6.45) is 0. The van der Waals surface area contributed by atoms with Crippen LogP contribution in [0.4, 0.5) is 4.39 Å². The molecule has 0 aliphatic rings. The average Bonchev–Trinajstić information content (AvgIpc) is 2.49. The molecule has 3 N–H and O–H groups in total. The van der Waals surface area contributed by atoms with Crippen LogP contribution in [0.15, 0.2) is 41.3 Å². The van der Waals surface area contributed by atoms with Crippen molar-refractivity contribution in [1.82, 2.24) is 5.43 Å². The summed E-state index contributed by atoms with van der Waals surface area (Å²) in [5, 5.41) is 0. The number of hydrogen-bond acceptors (Lipinski definition) is 3. The number of hydrazine groups is 1. The number of nitrogens with two attached hydrogens (primary N) is 1. The first-order chi connectivity index (χ1) is 10.0. The van der Waals surface area contributed by atoms with E-state index in [0.717, 1.165) is 4.90 Å². The van der Waals surface area contributed by atoms with Crippen LogP contribution in [0.3, 0.4) is 0 Å². The van der Waals surface area contributed by atoms with Gasteiger partial charge in [-0.2, -0.15) is 0 Å². The maximum absolute atomic E-state index is 13.8. The summed E-state index contributed by atoms with van der Waals surface area (Å²) in [7, 11) is 0. The highest BCUT2D eigenvalue weighted by Gasteiger charge is 2.09. The normalized spacial score (nSPS) is 10.5. The monoisotopic (exact) mass is 304 g/mol. The second-order valence-corrected chi connectivity index (χ2v) is 5.86. The zero-order valence-corrected chi connectivity index (χ0v) is 12.8. The van der Waals surface area contributed by atoms with Gasteiger partial charge in [-0.25, -0.2) is 10.2 Å². The van der Waals surface area contributed by atoms with Crippen LogP contribution in [0, 0.1) is 19.7 Å². The molecule has 1 amide bonds. The SMILES string of the molecule is Cc1ccc(SCc2cc(C(=O)NN)ccc2F)cc1C. The van der Waals surface area contributed by atoms with Crippen molar-refractivity contribution in [1.29, 1.82) is 0 Å². The first-order valence-corrected chi connectivity index (χ1v) is 7.49. The van der Waals surface area contributed by atoms with Crippen molar-refractivity contribution >= 4 is 17.7 Å². The molecule has 2 rings (SSSR count). The van der Waals surface area contributed by atoms with Gasteiger partial charge in [-0.05, 0) is 60.9 Å². The van der Waals surface area contributed by atoms with E-state index in [1.54, 1.807) is 0 Å². The molecule has 0 radical (unpaired) electrons. The lowest BCUT2D eigenvalue weighted by Gasteiger charge is -2.08. The van der Waals surface area contributed by atoms with Crippen LogP contribution < -0.4 is 11.3 Å². The molecule has 0 atom stereocenters. The lowest BCUT2D eigenvalue weighted by molar-refractivity contribution is 0.0953. The first kappa shape index (κ1) is 15.5. The fourth-order valence-corrected chi connectivity index (χ4v) is 2.84. The zero-order chi connectivity index (χ0) is 15.4. The summed E-state index contributed by atoms with van der Waals surface area (Å²) in [6, 6.07) is 10.4. The Morgan fingerprint density at radius 3 is 2.62 bits per heavy atom. The second-order valence-electron chi connectivity index (χ2n) is 4.81. The molecule has 0 bridgehead atoms. The summed E-state index contributed by atoms with van der Waals surface area (Å²) in [4.78, 5) is 12.5. The van der Waals surface area contributed by atoms with Gasteiger partial charge in [-0.3, -0.25) is 10.2 Å². The molecular weight excluding hydrogens is 287 g/mol. The Balaban J connectivity index is 2.15. The van der Waals surface area contributed by atoms with Crippen LogP contribution in [-0.4, -0.2) is 5.91 Å². The van der Waals surface area contributed by atoms with E-state index in [4.69, 9.17) is 5.84 Å². The molecule has 2 aromatic rings. The molecule has 0 saturated heterocycles. The van der Waals surface area contributed by atoms with Gasteiger partial charge in [0, 0.05) is 16.2 Å². The fourth-order valence-electron chi connectivity index (χ4n) is 1.87. The third kappa shape index (κ3) is 3.83. The Kier molecular flexibility index (Phi) is 4.98. The summed E-state index contributed by atoms with van der Waals surface area (Å²) in [5.74, 6) is 4.80. The van der Waals surface area contributed by atoms with Gasteiger partial charge in [0.1, 0.15) is 5.82 Å². The van der Waals surface area contributed by atoms with Gasteiger partial charge < -0.3 is 0 Å². The molecule has 0 aliphatic carbocycles. The van der Waals surface area contributed by atoms with Crippen LogP contribution in [-0.2, 0) is 5.75 Å². The van der Waals surface area contributed by atoms with E-state index < -0.39 is 5.91 Å². The molecule has 0 aromatic heterocycles. The Morgan fingerprint density at radius 1 is 1.19 bits per heavy atom. The number of halogens is 1. The third-order valence-electron chi connectivity index (χ3n) is 3.31. The third-order valence-corrected chi connectivity index (χ3v) is 4.35. The summed E-state index contributed by atoms with van der Waals surface area (Å²) < 4.78 is 13.8. The lowest BCUT2D eigenvalue weighted by atomic mass is 10.1. The van der Waals surface area contributed by atoms with E-state index in [2.05, 4.69) is 13.0 Å². The van der Waals surface area contributed by atoms with Crippen LogP contribution in [0.5, 0.6) is 0 Å². The number of benzene rings is 2. The molecule has 0 fully saturated rings. The Morgan fingerprint density at radius 2 is 1.95 bits per heavy atom. The maximum Gasteiger partial charge on any atom is 0.265 e. The molecule has 0 saturated carbocycles. The van der Waals surface area contributed by atoms with Crippen LogP contribution in [0.25, 0.3) is 0 Å².